The molecule has 1 aromatic carbocycles. The number of carbonyl (C=O) groups is 3. The van der Waals surface area contributed by atoms with Gasteiger partial charge in [-0.15, -0.1) is 0 Å². The van der Waals surface area contributed by atoms with Crippen LogP contribution in [0.2, 0.25) is 5.02 Å². The number of Topliss-reactive ketones (excluding diaryl/α,β-unsaturated/α-hetero) is 1. The average Bonchev–Trinajstić information content (AvgIpc) is 2.83. The molecule has 0 atom stereocenters. The van der Waals surface area contributed by atoms with E-state index in [1.807, 2.05) is 19.1 Å². The van der Waals surface area contributed by atoms with Gasteiger partial charge in [0.05, 0.1) is 17.1 Å². The topological polar surface area (TPSA) is 67.3 Å². The molecule has 0 aliphatic carbocycles. The first-order valence-corrected chi connectivity index (χ1v) is 8.61. The average molecular weight is 373 g/mol. The van der Waals surface area contributed by atoms with Crippen LogP contribution >= 0.6 is 23.4 Å². The zero-order valence-corrected chi connectivity index (χ0v) is 14.8. The van der Waals surface area contributed by atoms with E-state index in [1.54, 1.807) is 36.4 Å². The van der Waals surface area contributed by atoms with Crippen LogP contribution in [0.5, 0.6) is 0 Å². The summed E-state index contributed by atoms with van der Waals surface area (Å²) in [6.45, 7) is 1.54. The number of nitrogens with zero attached hydrogens (tertiary/aromatic N) is 2. The summed E-state index contributed by atoms with van der Waals surface area (Å²) >= 11 is 6.60. The quantitative estimate of drug-likeness (QED) is 0.600. The maximum absolute atomic E-state index is 12.4. The maximum atomic E-state index is 12.4. The van der Waals surface area contributed by atoms with Crippen LogP contribution in [0, 0.1) is 6.92 Å². The van der Waals surface area contributed by atoms with Crippen molar-refractivity contribution in [2.45, 2.75) is 6.92 Å². The number of hydrogen-bond donors (Lipinski definition) is 0. The summed E-state index contributed by atoms with van der Waals surface area (Å²) in [4.78, 5) is 42.3. The molecule has 0 unspecified atom stereocenters. The summed E-state index contributed by atoms with van der Waals surface area (Å²) in [5, 5.41) is 0.0440. The van der Waals surface area contributed by atoms with Crippen molar-refractivity contribution in [2.75, 3.05) is 6.54 Å². The Morgan fingerprint density at radius 1 is 1.20 bits per heavy atom. The number of carbonyl (C=O) groups excluding carboxylic acids is 3. The molecule has 5 nitrogen and oxygen atoms in total. The van der Waals surface area contributed by atoms with Gasteiger partial charge in [-0.1, -0.05) is 17.7 Å². The van der Waals surface area contributed by atoms with E-state index in [0.717, 1.165) is 22.4 Å². The standard InChI is InChI=1S/C18H13ClN2O3S/c1-11-3-2-4-14(20-11)9-16-17(23)21(18(24)25-16)10-15(22)12-5-7-13(19)8-6-12/h2-9H,10H2,1H3/b16-9+. The molecular formula is C18H13ClN2O3S. The van der Waals surface area contributed by atoms with E-state index in [9.17, 15) is 14.4 Å². The highest BCUT2D eigenvalue weighted by molar-refractivity contribution is 8.18. The van der Waals surface area contributed by atoms with Crippen LogP contribution < -0.4 is 0 Å². The molecule has 0 spiro atoms. The molecule has 25 heavy (non-hydrogen) atoms. The van der Waals surface area contributed by atoms with Crippen LogP contribution in [0.25, 0.3) is 6.08 Å². The molecule has 1 aliphatic rings. The van der Waals surface area contributed by atoms with Gasteiger partial charge < -0.3 is 0 Å². The van der Waals surface area contributed by atoms with E-state index in [2.05, 4.69) is 4.98 Å². The van der Waals surface area contributed by atoms with Crippen LogP contribution in [-0.2, 0) is 4.79 Å². The lowest BCUT2D eigenvalue weighted by molar-refractivity contribution is -0.122. The number of thioether (sulfide) groups is 1. The SMILES string of the molecule is Cc1cccc(/C=C2/SC(=O)N(CC(=O)c3ccc(Cl)cc3)C2=O)n1. The first-order valence-electron chi connectivity index (χ1n) is 7.42. The van der Waals surface area contributed by atoms with Crippen molar-refractivity contribution in [1.29, 1.82) is 0 Å². The zero-order valence-electron chi connectivity index (χ0n) is 13.2. The minimum Gasteiger partial charge on any atom is -0.292 e. The molecule has 1 aliphatic heterocycles. The van der Waals surface area contributed by atoms with Crippen LogP contribution in [0.3, 0.4) is 0 Å². The van der Waals surface area contributed by atoms with Gasteiger partial charge in [0.2, 0.25) is 0 Å². The lowest BCUT2D eigenvalue weighted by Gasteiger charge is -2.11. The lowest BCUT2D eigenvalue weighted by atomic mass is 10.1. The summed E-state index contributed by atoms with van der Waals surface area (Å²) in [5.74, 6) is -0.811. The first-order chi connectivity index (χ1) is 11.9. The van der Waals surface area contributed by atoms with Gasteiger partial charge in [0, 0.05) is 16.3 Å². The molecule has 2 aromatic rings. The highest BCUT2D eigenvalue weighted by Crippen LogP contribution is 2.32. The number of pyridine rings is 1. The van der Waals surface area contributed by atoms with Gasteiger partial charge in [0.15, 0.2) is 5.78 Å². The number of imide groups is 1. The smallest absolute Gasteiger partial charge is 0.292 e. The van der Waals surface area contributed by atoms with Gasteiger partial charge in [-0.25, -0.2) is 0 Å². The predicted octanol–water partition coefficient (Wildman–Crippen LogP) is 3.96. The molecule has 2 amide bonds. The van der Waals surface area contributed by atoms with E-state index in [-0.39, 0.29) is 17.2 Å². The Morgan fingerprint density at radius 2 is 1.92 bits per heavy atom. The fourth-order valence-corrected chi connectivity index (χ4v) is 3.23. The van der Waals surface area contributed by atoms with Gasteiger partial charge in [-0.05, 0) is 61.2 Å². The van der Waals surface area contributed by atoms with Crippen molar-refractivity contribution in [3.05, 3.63) is 69.3 Å². The number of amides is 2. The van der Waals surface area contributed by atoms with Gasteiger partial charge in [-0.2, -0.15) is 0 Å². The molecule has 0 N–H and O–H groups in total. The summed E-state index contributed by atoms with van der Waals surface area (Å²) in [6, 6.07) is 11.7. The van der Waals surface area contributed by atoms with Crippen molar-refractivity contribution in [3.8, 4) is 0 Å². The van der Waals surface area contributed by atoms with Crippen molar-refractivity contribution >= 4 is 46.4 Å². The fourth-order valence-electron chi connectivity index (χ4n) is 2.29. The largest absolute Gasteiger partial charge is 0.293 e. The van der Waals surface area contributed by atoms with E-state index in [4.69, 9.17) is 11.6 Å². The molecule has 3 rings (SSSR count). The normalized spacial score (nSPS) is 15.9. The van der Waals surface area contributed by atoms with Crippen LogP contribution in [0.15, 0.2) is 47.4 Å². The first kappa shape index (κ1) is 17.4. The fraction of sp³-hybridized carbons (Fsp3) is 0.111. The van der Waals surface area contributed by atoms with E-state index >= 15 is 0 Å². The Bertz CT molecular complexity index is 893. The number of benzene rings is 1. The predicted molar refractivity (Wildman–Crippen MR) is 97.4 cm³/mol. The molecule has 1 saturated heterocycles. The summed E-state index contributed by atoms with van der Waals surface area (Å²) in [6.07, 6.45) is 1.56. The number of halogens is 1. The van der Waals surface area contributed by atoms with Crippen molar-refractivity contribution in [3.63, 3.8) is 0 Å². The second-order valence-electron chi connectivity index (χ2n) is 5.40. The van der Waals surface area contributed by atoms with Crippen molar-refractivity contribution in [2.24, 2.45) is 0 Å². The molecular weight excluding hydrogens is 360 g/mol. The van der Waals surface area contributed by atoms with Crippen molar-refractivity contribution in [1.82, 2.24) is 9.88 Å². The highest BCUT2D eigenvalue weighted by Gasteiger charge is 2.36. The Hall–Kier alpha value is -2.44. The van der Waals surface area contributed by atoms with E-state index < -0.39 is 11.1 Å². The van der Waals surface area contributed by atoms with Gasteiger partial charge >= 0.3 is 0 Å². The van der Waals surface area contributed by atoms with Gasteiger partial charge in [0.25, 0.3) is 11.1 Å². The molecule has 7 heteroatoms. The van der Waals surface area contributed by atoms with Crippen LogP contribution in [0.1, 0.15) is 21.7 Å². The van der Waals surface area contributed by atoms with Crippen molar-refractivity contribution < 1.29 is 14.4 Å². The second kappa shape index (κ2) is 7.21. The Labute approximate surface area is 153 Å². The third-order valence-corrected chi connectivity index (χ3v) is 4.69. The van der Waals surface area contributed by atoms with Crippen LogP contribution in [0.4, 0.5) is 4.79 Å². The third-order valence-electron chi connectivity index (χ3n) is 3.53. The monoisotopic (exact) mass is 372 g/mol. The van der Waals surface area contributed by atoms with E-state index in [1.165, 1.54) is 0 Å². The summed E-state index contributed by atoms with van der Waals surface area (Å²) in [7, 11) is 0. The maximum Gasteiger partial charge on any atom is 0.293 e. The number of aromatic nitrogens is 1. The summed E-state index contributed by atoms with van der Waals surface area (Å²) < 4.78 is 0. The molecule has 2 heterocycles. The lowest BCUT2D eigenvalue weighted by Crippen LogP contribution is -2.33. The molecule has 0 bridgehead atoms. The van der Waals surface area contributed by atoms with E-state index in [0.29, 0.717) is 16.3 Å². The van der Waals surface area contributed by atoms with Crippen LogP contribution in [-0.4, -0.2) is 33.4 Å². The zero-order chi connectivity index (χ0) is 18.0. The van der Waals surface area contributed by atoms with Gasteiger partial charge in [0.1, 0.15) is 0 Å². The molecule has 0 saturated carbocycles. The third kappa shape index (κ3) is 3.97. The Kier molecular flexibility index (Phi) is 5.01. The Morgan fingerprint density at radius 3 is 2.60 bits per heavy atom. The highest BCUT2D eigenvalue weighted by atomic mass is 35.5. The minimum atomic E-state index is -0.486. The number of rotatable bonds is 4. The molecule has 1 aromatic heterocycles. The number of hydrogen-bond acceptors (Lipinski definition) is 5. The molecule has 0 radical (unpaired) electrons. The second-order valence-corrected chi connectivity index (χ2v) is 6.83. The minimum absolute atomic E-state index is 0.256. The Balaban J connectivity index is 1.77. The molecule has 1 fully saturated rings. The van der Waals surface area contributed by atoms with Gasteiger partial charge in [-0.3, -0.25) is 24.3 Å². The summed E-state index contributed by atoms with van der Waals surface area (Å²) in [5.41, 5.74) is 1.80. The number of ketones is 1. The number of aryl methyl sites for hydroxylation is 1. The molecule has 126 valence electrons.